The summed E-state index contributed by atoms with van der Waals surface area (Å²) in [5, 5.41) is 1.03. The first-order valence-corrected chi connectivity index (χ1v) is 12.3. The van der Waals surface area contributed by atoms with Crippen LogP contribution in [-0.4, -0.2) is 26.5 Å². The largest absolute Gasteiger partial charge is 0.474 e. The Morgan fingerprint density at radius 1 is 0.861 bits per heavy atom. The van der Waals surface area contributed by atoms with E-state index in [1.54, 1.807) is 6.20 Å². The van der Waals surface area contributed by atoms with Crippen LogP contribution in [0.15, 0.2) is 85.2 Å². The van der Waals surface area contributed by atoms with Crippen LogP contribution in [0, 0.1) is 0 Å². The van der Waals surface area contributed by atoms with Crippen molar-refractivity contribution in [3.63, 3.8) is 0 Å². The molecule has 0 aliphatic heterocycles. The highest BCUT2D eigenvalue weighted by atomic mass is 16.5. The molecule has 2 N–H and O–H groups in total. The third-order valence-corrected chi connectivity index (χ3v) is 6.64. The van der Waals surface area contributed by atoms with E-state index in [-0.39, 0.29) is 11.7 Å². The fourth-order valence-corrected chi connectivity index (χ4v) is 4.62. The Hall–Kier alpha value is -4.32. The van der Waals surface area contributed by atoms with Crippen LogP contribution in [0.1, 0.15) is 42.9 Å². The molecule has 0 bridgehead atoms. The number of benzene rings is 2. The molecule has 1 fully saturated rings. The van der Waals surface area contributed by atoms with Crippen LogP contribution in [0.25, 0.3) is 33.4 Å². The van der Waals surface area contributed by atoms with Gasteiger partial charge in [0, 0.05) is 40.5 Å². The molecule has 1 aliphatic rings. The first-order chi connectivity index (χ1) is 17.7. The van der Waals surface area contributed by atoms with Gasteiger partial charge >= 0.3 is 0 Å². The summed E-state index contributed by atoms with van der Waals surface area (Å²) in [5.74, 6) is 1.34. The minimum absolute atomic E-state index is 0.104. The first-order valence-electron chi connectivity index (χ1n) is 12.3. The highest BCUT2D eigenvalue weighted by Gasteiger charge is 2.28. The monoisotopic (exact) mass is 473 g/mol. The molecule has 1 aliphatic carbocycles. The van der Waals surface area contributed by atoms with E-state index in [9.17, 15) is 0 Å². The number of fused-ring (bicyclic) bond motifs is 1. The number of aromatic nitrogens is 4. The molecule has 1 saturated carbocycles. The second-order valence-electron chi connectivity index (χ2n) is 9.35. The summed E-state index contributed by atoms with van der Waals surface area (Å²) in [4.78, 5) is 18.8. The number of anilines is 1. The Bertz CT molecular complexity index is 1530. The number of nitrogens with two attached hydrogens (primary N) is 1. The highest BCUT2D eigenvalue weighted by Crippen LogP contribution is 2.42. The van der Waals surface area contributed by atoms with Crippen molar-refractivity contribution in [3.8, 4) is 28.4 Å². The van der Waals surface area contributed by atoms with E-state index in [0.29, 0.717) is 18.4 Å². The topological polar surface area (TPSA) is 86.8 Å². The number of hydrogen-bond donors (Lipinski definition) is 1. The second-order valence-corrected chi connectivity index (χ2v) is 9.35. The van der Waals surface area contributed by atoms with E-state index < -0.39 is 0 Å². The number of nitrogens with zero attached hydrogens (tertiary/aromatic N) is 4. The molecule has 5 aromatic rings. The van der Waals surface area contributed by atoms with Gasteiger partial charge in [0.15, 0.2) is 5.82 Å². The van der Waals surface area contributed by atoms with Gasteiger partial charge < -0.3 is 10.5 Å². The summed E-state index contributed by atoms with van der Waals surface area (Å²) in [6.07, 6.45) is 6.11. The standard InChI is InChI=1S/C30H27N5O/c1-19(26-24(20-11-12-20)10-6-16-33-26)18-36-30-29(31)34-27(21-7-3-2-4-8-21)28(35-30)23-13-14-25-22(17-23)9-5-15-32-25/h2-10,13-17,19-20H,11-12,18H2,1H3,(H2,31,34). The van der Waals surface area contributed by atoms with E-state index >= 15 is 0 Å². The fraction of sp³-hybridized carbons (Fsp3) is 0.200. The van der Waals surface area contributed by atoms with Gasteiger partial charge in [-0.05, 0) is 48.6 Å². The molecule has 0 amide bonds. The van der Waals surface area contributed by atoms with Gasteiger partial charge in [0.05, 0.1) is 17.8 Å². The summed E-state index contributed by atoms with van der Waals surface area (Å²) >= 11 is 0. The van der Waals surface area contributed by atoms with E-state index in [2.05, 4.69) is 29.0 Å². The van der Waals surface area contributed by atoms with Gasteiger partial charge in [-0.1, -0.05) is 55.5 Å². The van der Waals surface area contributed by atoms with Crippen molar-refractivity contribution in [2.75, 3.05) is 12.3 Å². The number of hydrogen-bond acceptors (Lipinski definition) is 6. The zero-order valence-corrected chi connectivity index (χ0v) is 20.1. The van der Waals surface area contributed by atoms with Crippen molar-refractivity contribution in [1.82, 2.24) is 19.9 Å². The Morgan fingerprint density at radius 3 is 2.47 bits per heavy atom. The summed E-state index contributed by atoms with van der Waals surface area (Å²) in [7, 11) is 0. The predicted octanol–water partition coefficient (Wildman–Crippen LogP) is 6.40. The van der Waals surface area contributed by atoms with Crippen LogP contribution < -0.4 is 10.5 Å². The summed E-state index contributed by atoms with van der Waals surface area (Å²) in [6.45, 7) is 2.55. The van der Waals surface area contributed by atoms with Crippen LogP contribution in [-0.2, 0) is 0 Å². The van der Waals surface area contributed by atoms with E-state index in [1.807, 2.05) is 66.9 Å². The Kier molecular flexibility index (Phi) is 5.77. The number of ether oxygens (including phenoxy) is 1. The summed E-state index contributed by atoms with van der Waals surface area (Å²) in [5.41, 5.74) is 13.1. The third kappa shape index (κ3) is 4.38. The van der Waals surface area contributed by atoms with Crippen LogP contribution in [0.3, 0.4) is 0 Å². The van der Waals surface area contributed by atoms with Gasteiger partial charge in [0.2, 0.25) is 0 Å². The molecule has 36 heavy (non-hydrogen) atoms. The van der Waals surface area contributed by atoms with Gasteiger partial charge in [-0.15, -0.1) is 0 Å². The molecule has 6 rings (SSSR count). The zero-order chi connectivity index (χ0) is 24.5. The summed E-state index contributed by atoms with van der Waals surface area (Å²) in [6, 6.07) is 24.3. The first kappa shape index (κ1) is 22.2. The smallest absolute Gasteiger partial charge is 0.257 e. The maximum absolute atomic E-state index is 6.39. The Labute approximate surface area is 210 Å². The lowest BCUT2D eigenvalue weighted by Crippen LogP contribution is -2.13. The van der Waals surface area contributed by atoms with Crippen LogP contribution >= 0.6 is 0 Å². The van der Waals surface area contributed by atoms with Gasteiger partial charge in [-0.25, -0.2) is 9.97 Å². The molecule has 3 heterocycles. The van der Waals surface area contributed by atoms with Crippen molar-refractivity contribution in [3.05, 3.63) is 96.4 Å². The van der Waals surface area contributed by atoms with E-state index in [4.69, 9.17) is 20.4 Å². The lowest BCUT2D eigenvalue weighted by molar-refractivity contribution is 0.283. The van der Waals surface area contributed by atoms with Gasteiger partial charge in [0.25, 0.3) is 5.88 Å². The van der Waals surface area contributed by atoms with Crippen molar-refractivity contribution in [1.29, 1.82) is 0 Å². The van der Waals surface area contributed by atoms with Crippen molar-refractivity contribution in [2.24, 2.45) is 0 Å². The minimum atomic E-state index is 0.104. The van der Waals surface area contributed by atoms with Crippen LogP contribution in [0.2, 0.25) is 0 Å². The highest BCUT2D eigenvalue weighted by molar-refractivity contribution is 5.87. The fourth-order valence-electron chi connectivity index (χ4n) is 4.62. The minimum Gasteiger partial charge on any atom is -0.474 e. The molecule has 6 heteroatoms. The van der Waals surface area contributed by atoms with Crippen LogP contribution in [0.5, 0.6) is 5.88 Å². The maximum atomic E-state index is 6.39. The average molecular weight is 474 g/mol. The number of nitrogen functional groups attached to an aromatic ring is 1. The normalized spacial score (nSPS) is 14.0. The van der Waals surface area contributed by atoms with E-state index in [0.717, 1.165) is 39.1 Å². The van der Waals surface area contributed by atoms with Gasteiger partial charge in [-0.3, -0.25) is 9.97 Å². The molecule has 0 saturated heterocycles. The lowest BCUT2D eigenvalue weighted by atomic mass is 9.99. The molecular weight excluding hydrogens is 446 g/mol. The molecule has 0 radical (unpaired) electrons. The predicted molar refractivity (Wildman–Crippen MR) is 143 cm³/mol. The molecule has 2 aromatic carbocycles. The summed E-state index contributed by atoms with van der Waals surface area (Å²) < 4.78 is 6.20. The molecule has 3 aromatic heterocycles. The third-order valence-electron chi connectivity index (χ3n) is 6.64. The maximum Gasteiger partial charge on any atom is 0.257 e. The zero-order valence-electron chi connectivity index (χ0n) is 20.1. The van der Waals surface area contributed by atoms with Crippen molar-refractivity contribution in [2.45, 2.75) is 31.6 Å². The van der Waals surface area contributed by atoms with Crippen molar-refractivity contribution < 1.29 is 4.74 Å². The van der Waals surface area contributed by atoms with Gasteiger partial charge in [-0.2, -0.15) is 0 Å². The molecule has 1 unspecified atom stereocenters. The molecule has 6 nitrogen and oxygen atoms in total. The second kappa shape index (κ2) is 9.38. The Balaban J connectivity index is 1.37. The number of pyridine rings is 2. The number of rotatable bonds is 7. The molecule has 178 valence electrons. The molecule has 0 spiro atoms. The quantitative estimate of drug-likeness (QED) is 0.294. The van der Waals surface area contributed by atoms with Crippen molar-refractivity contribution >= 4 is 16.7 Å². The molecular formula is C30H27N5O. The Morgan fingerprint density at radius 2 is 1.64 bits per heavy atom. The van der Waals surface area contributed by atoms with Gasteiger partial charge in [0.1, 0.15) is 5.69 Å². The molecule has 1 atom stereocenters. The lowest BCUT2D eigenvalue weighted by Gasteiger charge is -2.18. The SMILES string of the molecule is CC(COc1nc(-c2ccc3ncccc3c2)c(-c2ccccc2)nc1N)c1ncccc1C1CC1. The average Bonchev–Trinajstić information content (AvgIpc) is 3.78. The van der Waals surface area contributed by atoms with Crippen LogP contribution in [0.4, 0.5) is 5.82 Å². The van der Waals surface area contributed by atoms with E-state index in [1.165, 1.54) is 18.4 Å².